The molecule has 0 aliphatic heterocycles. The van der Waals surface area contributed by atoms with E-state index in [2.05, 4.69) is 26.8 Å². The number of allylic oxidation sites excluding steroid dienone is 2. The number of halogens is 1. The average Bonchev–Trinajstić information content (AvgIpc) is 2.16. The number of rotatable bonds is 3. The Morgan fingerprint density at radius 3 is 2.29 bits per heavy atom. The van der Waals surface area contributed by atoms with Crippen molar-refractivity contribution in [3.05, 3.63) is 11.6 Å². The zero-order chi connectivity index (χ0) is 10.6. The molecule has 1 fully saturated rings. The second-order valence-electron chi connectivity index (χ2n) is 5.05. The van der Waals surface area contributed by atoms with E-state index in [1.807, 2.05) is 0 Å². The van der Waals surface area contributed by atoms with Gasteiger partial charge >= 0.3 is 0 Å². The van der Waals surface area contributed by atoms with Crippen LogP contribution >= 0.6 is 11.6 Å². The molecule has 0 nitrogen and oxygen atoms in total. The maximum atomic E-state index is 5.94. The van der Waals surface area contributed by atoms with Gasteiger partial charge in [-0.2, -0.15) is 0 Å². The molecule has 0 aromatic heterocycles. The van der Waals surface area contributed by atoms with Gasteiger partial charge in [0.1, 0.15) is 0 Å². The van der Waals surface area contributed by atoms with Crippen LogP contribution in [0, 0.1) is 17.8 Å². The molecule has 1 saturated carbocycles. The first-order valence-electron chi connectivity index (χ1n) is 5.90. The van der Waals surface area contributed by atoms with E-state index in [4.69, 9.17) is 11.6 Å². The maximum Gasteiger partial charge on any atom is 0.0436 e. The molecule has 0 atom stereocenters. The number of hydrogen-bond donors (Lipinski definition) is 0. The molecule has 0 heterocycles. The summed E-state index contributed by atoms with van der Waals surface area (Å²) in [7, 11) is 0. The molecule has 0 amide bonds. The Kier molecular flexibility index (Phi) is 5.01. The monoisotopic (exact) mass is 214 g/mol. The van der Waals surface area contributed by atoms with E-state index >= 15 is 0 Å². The highest BCUT2D eigenvalue weighted by Gasteiger charge is 2.17. The first-order chi connectivity index (χ1) is 6.63. The fourth-order valence-electron chi connectivity index (χ4n) is 2.15. The van der Waals surface area contributed by atoms with Crippen molar-refractivity contribution in [2.45, 2.75) is 46.5 Å². The van der Waals surface area contributed by atoms with Gasteiger partial charge in [0.2, 0.25) is 0 Å². The smallest absolute Gasteiger partial charge is 0.0436 e. The van der Waals surface area contributed by atoms with Gasteiger partial charge < -0.3 is 0 Å². The Balaban J connectivity index is 2.49. The average molecular weight is 215 g/mol. The fourth-order valence-corrected chi connectivity index (χ4v) is 2.54. The Labute approximate surface area is 93.7 Å². The first kappa shape index (κ1) is 12.1. The molecular formula is C13H23Cl. The highest BCUT2D eigenvalue weighted by atomic mass is 35.5. The Morgan fingerprint density at radius 2 is 1.86 bits per heavy atom. The van der Waals surface area contributed by atoms with E-state index in [1.165, 1.54) is 31.3 Å². The summed E-state index contributed by atoms with van der Waals surface area (Å²) in [5.41, 5.74) is 1.44. The highest BCUT2D eigenvalue weighted by molar-refractivity contribution is 6.19. The van der Waals surface area contributed by atoms with Crippen LogP contribution in [0.15, 0.2) is 11.6 Å². The van der Waals surface area contributed by atoms with E-state index in [-0.39, 0.29) is 0 Å². The highest BCUT2D eigenvalue weighted by Crippen LogP contribution is 2.30. The number of alkyl halides is 1. The van der Waals surface area contributed by atoms with Crippen molar-refractivity contribution >= 4 is 11.6 Å². The molecule has 1 aliphatic carbocycles. The lowest BCUT2D eigenvalue weighted by atomic mass is 9.81. The van der Waals surface area contributed by atoms with Crippen molar-refractivity contribution in [2.24, 2.45) is 17.8 Å². The van der Waals surface area contributed by atoms with Gasteiger partial charge in [-0.25, -0.2) is 0 Å². The summed E-state index contributed by atoms with van der Waals surface area (Å²) in [4.78, 5) is 0. The van der Waals surface area contributed by atoms with Gasteiger partial charge in [-0.05, 0) is 30.6 Å². The largest absolute Gasteiger partial charge is 0.122 e. The zero-order valence-corrected chi connectivity index (χ0v) is 10.5. The lowest BCUT2D eigenvalue weighted by Crippen LogP contribution is -2.11. The van der Waals surface area contributed by atoms with Crippen LogP contribution in [0.5, 0.6) is 0 Å². The SMILES string of the molecule is CC1CCC(C=C(CCl)C(C)C)CC1. The molecule has 0 N–H and O–H groups in total. The van der Waals surface area contributed by atoms with Gasteiger partial charge in [-0.1, -0.05) is 45.3 Å². The minimum Gasteiger partial charge on any atom is -0.122 e. The van der Waals surface area contributed by atoms with Crippen molar-refractivity contribution in [1.82, 2.24) is 0 Å². The summed E-state index contributed by atoms with van der Waals surface area (Å²) in [6.45, 7) is 6.84. The third kappa shape index (κ3) is 3.65. The van der Waals surface area contributed by atoms with Crippen molar-refractivity contribution in [3.63, 3.8) is 0 Å². The van der Waals surface area contributed by atoms with Gasteiger partial charge in [-0.15, -0.1) is 11.6 Å². The topological polar surface area (TPSA) is 0 Å². The normalized spacial score (nSPS) is 29.6. The molecule has 0 aromatic rings. The molecule has 82 valence electrons. The van der Waals surface area contributed by atoms with E-state index in [9.17, 15) is 0 Å². The molecule has 0 bridgehead atoms. The van der Waals surface area contributed by atoms with Crippen molar-refractivity contribution in [1.29, 1.82) is 0 Å². The van der Waals surface area contributed by atoms with Crippen LogP contribution in [0.1, 0.15) is 46.5 Å². The van der Waals surface area contributed by atoms with Gasteiger partial charge in [0, 0.05) is 5.88 Å². The third-order valence-corrected chi connectivity index (χ3v) is 3.71. The van der Waals surface area contributed by atoms with Gasteiger partial charge in [-0.3, -0.25) is 0 Å². The van der Waals surface area contributed by atoms with E-state index in [0.717, 1.165) is 11.8 Å². The zero-order valence-electron chi connectivity index (χ0n) is 9.72. The second kappa shape index (κ2) is 5.80. The quantitative estimate of drug-likeness (QED) is 0.475. The maximum absolute atomic E-state index is 5.94. The predicted molar refractivity (Wildman–Crippen MR) is 64.8 cm³/mol. The molecule has 1 aliphatic rings. The van der Waals surface area contributed by atoms with Crippen LogP contribution < -0.4 is 0 Å². The van der Waals surface area contributed by atoms with E-state index in [1.54, 1.807) is 0 Å². The van der Waals surface area contributed by atoms with Gasteiger partial charge in [0.05, 0.1) is 0 Å². The van der Waals surface area contributed by atoms with Crippen LogP contribution in [0.4, 0.5) is 0 Å². The minimum absolute atomic E-state index is 0.617. The molecule has 0 aromatic carbocycles. The van der Waals surface area contributed by atoms with Crippen LogP contribution in [0.25, 0.3) is 0 Å². The Morgan fingerprint density at radius 1 is 1.29 bits per heavy atom. The van der Waals surface area contributed by atoms with Crippen LogP contribution in [-0.2, 0) is 0 Å². The Hall–Kier alpha value is 0.0300. The molecule has 0 radical (unpaired) electrons. The molecular weight excluding hydrogens is 192 g/mol. The summed E-state index contributed by atoms with van der Waals surface area (Å²) in [5.74, 6) is 3.08. The lowest BCUT2D eigenvalue weighted by molar-refractivity contribution is 0.329. The van der Waals surface area contributed by atoms with E-state index in [0.29, 0.717) is 11.8 Å². The molecule has 0 spiro atoms. The standard InChI is InChI=1S/C13H23Cl/c1-10(2)13(9-14)8-12-6-4-11(3)5-7-12/h8,10-12H,4-7,9H2,1-3H3. The summed E-state index contributed by atoms with van der Waals surface area (Å²) in [6.07, 6.45) is 7.98. The Bertz CT molecular complexity index is 185. The molecule has 1 rings (SSSR count). The molecule has 0 unspecified atom stereocenters. The molecule has 0 saturated heterocycles. The van der Waals surface area contributed by atoms with Gasteiger partial charge in [0.25, 0.3) is 0 Å². The van der Waals surface area contributed by atoms with Crippen molar-refractivity contribution < 1.29 is 0 Å². The summed E-state index contributed by atoms with van der Waals surface area (Å²) in [5, 5.41) is 0. The molecule has 1 heteroatoms. The van der Waals surface area contributed by atoms with Crippen molar-refractivity contribution in [3.8, 4) is 0 Å². The van der Waals surface area contributed by atoms with Gasteiger partial charge in [0.15, 0.2) is 0 Å². The predicted octanol–water partition coefficient (Wildman–Crippen LogP) is 4.63. The summed E-state index contributed by atoms with van der Waals surface area (Å²) >= 11 is 5.94. The third-order valence-electron chi connectivity index (χ3n) is 3.41. The van der Waals surface area contributed by atoms with Crippen molar-refractivity contribution in [2.75, 3.05) is 5.88 Å². The van der Waals surface area contributed by atoms with Crippen LogP contribution in [0.2, 0.25) is 0 Å². The summed E-state index contributed by atoms with van der Waals surface area (Å²) in [6, 6.07) is 0. The number of hydrogen-bond acceptors (Lipinski definition) is 0. The fraction of sp³-hybridized carbons (Fsp3) is 0.846. The summed E-state index contributed by atoms with van der Waals surface area (Å²) < 4.78 is 0. The van der Waals surface area contributed by atoms with E-state index < -0.39 is 0 Å². The first-order valence-corrected chi connectivity index (χ1v) is 6.43. The minimum atomic E-state index is 0.617. The molecule has 14 heavy (non-hydrogen) atoms. The van der Waals surface area contributed by atoms with Crippen LogP contribution in [-0.4, -0.2) is 5.88 Å². The lowest BCUT2D eigenvalue weighted by Gasteiger charge is -2.25. The van der Waals surface area contributed by atoms with Crippen LogP contribution in [0.3, 0.4) is 0 Å². The second-order valence-corrected chi connectivity index (χ2v) is 5.32.